The molecule has 0 saturated carbocycles. The molecule has 1 fully saturated rings. The van der Waals surface area contributed by atoms with Crippen molar-refractivity contribution in [3.8, 4) is 0 Å². The Morgan fingerprint density at radius 3 is 2.80 bits per heavy atom. The van der Waals surface area contributed by atoms with Crippen LogP contribution in [0.5, 0.6) is 0 Å². The third-order valence-corrected chi connectivity index (χ3v) is 4.07. The summed E-state index contributed by atoms with van der Waals surface area (Å²) < 4.78 is 0. The first-order chi connectivity index (χ1) is 9.15. The molecule has 2 N–H and O–H groups in total. The van der Waals surface area contributed by atoms with Crippen LogP contribution in [0.3, 0.4) is 0 Å². The number of piperidine rings is 1. The first-order valence-corrected chi connectivity index (χ1v) is 7.32. The summed E-state index contributed by atoms with van der Waals surface area (Å²) in [5.74, 6) is 0.579. The van der Waals surface area contributed by atoms with Crippen molar-refractivity contribution >= 4 is 41.5 Å². The smallest absolute Gasteiger partial charge is 0.224 e. The number of halogens is 3. The van der Waals surface area contributed by atoms with Gasteiger partial charge in [-0.2, -0.15) is 0 Å². The van der Waals surface area contributed by atoms with E-state index in [4.69, 9.17) is 23.2 Å². The van der Waals surface area contributed by atoms with E-state index in [2.05, 4.69) is 10.6 Å². The van der Waals surface area contributed by atoms with Gasteiger partial charge in [-0.05, 0) is 49.5 Å². The molecule has 1 aliphatic rings. The Morgan fingerprint density at radius 1 is 1.35 bits per heavy atom. The third-order valence-electron chi connectivity index (χ3n) is 3.34. The van der Waals surface area contributed by atoms with E-state index in [0.29, 0.717) is 22.4 Å². The minimum atomic E-state index is 0. The minimum Gasteiger partial charge on any atom is -0.355 e. The molecule has 0 aromatic heterocycles. The molecule has 6 heteroatoms. The van der Waals surface area contributed by atoms with Crippen molar-refractivity contribution in [2.24, 2.45) is 5.92 Å². The van der Waals surface area contributed by atoms with Gasteiger partial charge >= 0.3 is 0 Å². The maximum atomic E-state index is 11.8. The van der Waals surface area contributed by atoms with Crippen molar-refractivity contribution in [2.45, 2.75) is 19.3 Å². The van der Waals surface area contributed by atoms with Crippen LogP contribution >= 0.6 is 35.6 Å². The molecule has 1 heterocycles. The van der Waals surface area contributed by atoms with Gasteiger partial charge in [0.1, 0.15) is 0 Å². The van der Waals surface area contributed by atoms with Crippen LogP contribution in [0.4, 0.5) is 0 Å². The normalized spacial score (nSPS) is 18.2. The van der Waals surface area contributed by atoms with Crippen molar-refractivity contribution in [3.63, 3.8) is 0 Å². The molecule has 2 rings (SSSR count). The topological polar surface area (TPSA) is 41.1 Å². The van der Waals surface area contributed by atoms with Crippen molar-refractivity contribution in [3.05, 3.63) is 33.8 Å². The second-order valence-corrected chi connectivity index (χ2v) is 5.76. The van der Waals surface area contributed by atoms with E-state index in [1.165, 1.54) is 12.8 Å². The Bertz CT molecular complexity index is 448. The quantitative estimate of drug-likeness (QED) is 0.886. The van der Waals surface area contributed by atoms with E-state index in [1.807, 2.05) is 6.07 Å². The fourth-order valence-corrected chi connectivity index (χ4v) is 2.57. The van der Waals surface area contributed by atoms with Crippen LogP contribution in [0.2, 0.25) is 10.0 Å². The molecule has 1 unspecified atom stereocenters. The number of carbonyl (C=O) groups is 1. The Hall–Kier alpha value is -0.480. The molecular formula is C14H19Cl3N2O. The molecule has 1 aromatic rings. The largest absolute Gasteiger partial charge is 0.355 e. The van der Waals surface area contributed by atoms with Crippen LogP contribution in [0.15, 0.2) is 18.2 Å². The molecule has 3 nitrogen and oxygen atoms in total. The van der Waals surface area contributed by atoms with Gasteiger partial charge in [0.2, 0.25) is 5.91 Å². The zero-order valence-corrected chi connectivity index (χ0v) is 13.5. The maximum Gasteiger partial charge on any atom is 0.224 e. The van der Waals surface area contributed by atoms with Gasteiger partial charge in [-0.3, -0.25) is 4.79 Å². The monoisotopic (exact) mass is 336 g/mol. The highest BCUT2D eigenvalue weighted by atomic mass is 35.5. The van der Waals surface area contributed by atoms with Crippen molar-refractivity contribution in [1.82, 2.24) is 10.6 Å². The summed E-state index contributed by atoms with van der Waals surface area (Å²) >= 11 is 11.8. The molecule has 1 aliphatic heterocycles. The van der Waals surface area contributed by atoms with Gasteiger partial charge in [-0.15, -0.1) is 12.4 Å². The SMILES string of the molecule is Cl.O=C(Cc1ccc(Cl)c(Cl)c1)NCC1CCCNC1. The molecule has 112 valence electrons. The summed E-state index contributed by atoms with van der Waals surface area (Å²) in [4.78, 5) is 11.8. The molecule has 0 spiro atoms. The van der Waals surface area contributed by atoms with Crippen molar-refractivity contribution in [2.75, 3.05) is 19.6 Å². The second-order valence-electron chi connectivity index (χ2n) is 4.94. The van der Waals surface area contributed by atoms with Crippen molar-refractivity contribution < 1.29 is 4.79 Å². The van der Waals surface area contributed by atoms with Crippen LogP contribution in [-0.4, -0.2) is 25.5 Å². The lowest BCUT2D eigenvalue weighted by Crippen LogP contribution is -2.38. The standard InChI is InChI=1S/C14H18Cl2N2O.ClH/c15-12-4-3-10(6-13(12)16)7-14(19)18-9-11-2-1-5-17-8-11;/h3-4,6,11,17H,1-2,5,7-9H2,(H,18,19);1H. The van der Waals surface area contributed by atoms with Gasteiger partial charge in [0, 0.05) is 6.54 Å². The molecule has 1 aromatic carbocycles. The van der Waals surface area contributed by atoms with Gasteiger partial charge < -0.3 is 10.6 Å². The number of hydrogen-bond acceptors (Lipinski definition) is 2. The van der Waals surface area contributed by atoms with Crippen LogP contribution in [0, 0.1) is 5.92 Å². The van der Waals surface area contributed by atoms with E-state index in [0.717, 1.165) is 25.2 Å². The predicted octanol–water partition coefficient (Wildman–Crippen LogP) is 3.07. The Kier molecular flexibility index (Phi) is 7.67. The number of benzene rings is 1. The average molecular weight is 338 g/mol. The van der Waals surface area contributed by atoms with E-state index >= 15 is 0 Å². The summed E-state index contributed by atoms with van der Waals surface area (Å²) in [6.07, 6.45) is 2.71. The molecule has 20 heavy (non-hydrogen) atoms. The van der Waals surface area contributed by atoms with Crippen LogP contribution < -0.4 is 10.6 Å². The summed E-state index contributed by atoms with van der Waals surface area (Å²) in [5, 5.41) is 7.32. The van der Waals surface area contributed by atoms with E-state index in [-0.39, 0.29) is 18.3 Å². The molecule has 1 amide bonds. The molecule has 0 aliphatic carbocycles. The van der Waals surface area contributed by atoms with Gasteiger partial charge in [-0.25, -0.2) is 0 Å². The minimum absolute atomic E-state index is 0. The first-order valence-electron chi connectivity index (χ1n) is 6.56. The van der Waals surface area contributed by atoms with Gasteiger partial charge in [0.05, 0.1) is 16.5 Å². The van der Waals surface area contributed by atoms with E-state index < -0.39 is 0 Å². The lowest BCUT2D eigenvalue weighted by Gasteiger charge is -2.22. The highest BCUT2D eigenvalue weighted by Gasteiger charge is 2.14. The number of carbonyl (C=O) groups excluding carboxylic acids is 1. The Morgan fingerprint density at radius 2 is 2.15 bits per heavy atom. The fraction of sp³-hybridized carbons (Fsp3) is 0.500. The van der Waals surface area contributed by atoms with Crippen LogP contribution in [-0.2, 0) is 11.2 Å². The highest BCUT2D eigenvalue weighted by molar-refractivity contribution is 6.42. The number of rotatable bonds is 4. The molecule has 0 radical (unpaired) electrons. The zero-order valence-electron chi connectivity index (χ0n) is 11.1. The number of hydrogen-bond donors (Lipinski definition) is 2. The lowest BCUT2D eigenvalue weighted by molar-refractivity contribution is -0.120. The van der Waals surface area contributed by atoms with Crippen LogP contribution in [0.1, 0.15) is 18.4 Å². The van der Waals surface area contributed by atoms with Gasteiger partial charge in [-0.1, -0.05) is 29.3 Å². The Balaban J connectivity index is 0.00000200. The molecule has 1 atom stereocenters. The summed E-state index contributed by atoms with van der Waals surface area (Å²) in [5.41, 5.74) is 0.883. The predicted molar refractivity (Wildman–Crippen MR) is 86.0 cm³/mol. The molecule has 0 bridgehead atoms. The zero-order chi connectivity index (χ0) is 13.7. The summed E-state index contributed by atoms with van der Waals surface area (Å²) in [6, 6.07) is 5.29. The molecule has 1 saturated heterocycles. The second kappa shape index (κ2) is 8.73. The highest BCUT2D eigenvalue weighted by Crippen LogP contribution is 2.22. The Labute approximate surface area is 135 Å². The van der Waals surface area contributed by atoms with Crippen LogP contribution in [0.25, 0.3) is 0 Å². The fourth-order valence-electron chi connectivity index (χ4n) is 2.25. The third kappa shape index (κ3) is 5.49. The lowest BCUT2D eigenvalue weighted by atomic mass is 10.00. The van der Waals surface area contributed by atoms with E-state index in [1.54, 1.807) is 12.1 Å². The first kappa shape index (κ1) is 17.6. The molecular weight excluding hydrogens is 319 g/mol. The van der Waals surface area contributed by atoms with Gasteiger partial charge in [0.25, 0.3) is 0 Å². The summed E-state index contributed by atoms with van der Waals surface area (Å²) in [6.45, 7) is 2.83. The number of amides is 1. The van der Waals surface area contributed by atoms with Crippen molar-refractivity contribution in [1.29, 1.82) is 0 Å². The number of nitrogens with one attached hydrogen (secondary N) is 2. The summed E-state index contributed by atoms with van der Waals surface area (Å²) in [7, 11) is 0. The van der Waals surface area contributed by atoms with Gasteiger partial charge in [0.15, 0.2) is 0 Å². The maximum absolute atomic E-state index is 11.8. The average Bonchev–Trinajstić information content (AvgIpc) is 2.42. The van der Waals surface area contributed by atoms with E-state index in [9.17, 15) is 4.79 Å².